The summed E-state index contributed by atoms with van der Waals surface area (Å²) < 4.78 is 3.29. The molecule has 0 unspecified atom stereocenters. The third kappa shape index (κ3) is 3.69. The Morgan fingerprint density at radius 2 is 2.29 bits per heavy atom. The van der Waals surface area contributed by atoms with Crippen LogP contribution >= 0.6 is 34.2 Å². The minimum Gasteiger partial charge on any atom is -0.353 e. The summed E-state index contributed by atoms with van der Waals surface area (Å²) in [7, 11) is 0. The van der Waals surface area contributed by atoms with Crippen molar-refractivity contribution in [1.29, 1.82) is 0 Å². The maximum Gasteiger partial charge on any atom is 0.220 e. The first-order valence-electron chi connectivity index (χ1n) is 7.17. The fraction of sp³-hybridized carbons (Fsp3) is 0.467. The molecule has 6 heteroatoms. The van der Waals surface area contributed by atoms with Crippen LogP contribution in [0.1, 0.15) is 31.5 Å². The summed E-state index contributed by atoms with van der Waals surface area (Å²) in [5.41, 5.74) is 2.06. The molecule has 1 amide bonds. The van der Waals surface area contributed by atoms with Gasteiger partial charge in [-0.2, -0.15) is 0 Å². The van der Waals surface area contributed by atoms with E-state index in [-0.39, 0.29) is 5.91 Å². The first kappa shape index (κ1) is 15.1. The van der Waals surface area contributed by atoms with Crippen LogP contribution < -0.4 is 5.32 Å². The fourth-order valence-corrected chi connectivity index (χ4v) is 3.11. The van der Waals surface area contributed by atoms with Crippen molar-refractivity contribution in [2.75, 3.05) is 0 Å². The molecule has 1 aromatic carbocycles. The Morgan fingerprint density at radius 3 is 3.00 bits per heavy atom. The highest BCUT2D eigenvalue weighted by Crippen LogP contribution is 2.21. The second-order valence-corrected chi connectivity index (χ2v) is 6.90. The largest absolute Gasteiger partial charge is 0.353 e. The Kier molecular flexibility index (Phi) is 4.69. The predicted molar refractivity (Wildman–Crippen MR) is 92.4 cm³/mol. The number of rotatable bonds is 6. The normalized spacial score (nSPS) is 14.6. The van der Waals surface area contributed by atoms with Gasteiger partial charge in [-0.05, 0) is 60.1 Å². The molecule has 0 radical (unpaired) electrons. The Hall–Kier alpha value is -0.820. The molecule has 3 rings (SSSR count). The van der Waals surface area contributed by atoms with Crippen LogP contribution in [0.4, 0.5) is 0 Å². The van der Waals surface area contributed by atoms with Gasteiger partial charge in [0.1, 0.15) is 5.82 Å². The van der Waals surface area contributed by atoms with Crippen LogP contribution in [0, 0.1) is 3.57 Å². The molecule has 1 aliphatic rings. The zero-order chi connectivity index (χ0) is 14.8. The Balaban J connectivity index is 1.68. The molecule has 21 heavy (non-hydrogen) atoms. The van der Waals surface area contributed by atoms with Gasteiger partial charge in [0, 0.05) is 22.6 Å². The van der Waals surface area contributed by atoms with Crippen LogP contribution in [0.3, 0.4) is 0 Å². The van der Waals surface area contributed by atoms with Crippen molar-refractivity contribution in [2.24, 2.45) is 0 Å². The smallest absolute Gasteiger partial charge is 0.220 e. The number of hydrogen-bond donors (Lipinski definition) is 1. The third-order valence-electron chi connectivity index (χ3n) is 3.64. The van der Waals surface area contributed by atoms with Crippen molar-refractivity contribution < 1.29 is 4.79 Å². The highest BCUT2D eigenvalue weighted by Gasteiger charge is 2.22. The van der Waals surface area contributed by atoms with Gasteiger partial charge in [-0.25, -0.2) is 4.98 Å². The van der Waals surface area contributed by atoms with E-state index in [9.17, 15) is 4.79 Å². The molecular weight excluding hydrogens is 401 g/mol. The summed E-state index contributed by atoms with van der Waals surface area (Å²) in [5, 5.41) is 3.02. The van der Waals surface area contributed by atoms with E-state index in [0.717, 1.165) is 46.2 Å². The van der Waals surface area contributed by atoms with Crippen LogP contribution in [-0.2, 0) is 17.2 Å². The average Bonchev–Trinajstić information content (AvgIpc) is 3.19. The molecule has 0 atom stereocenters. The lowest BCUT2D eigenvalue weighted by Crippen LogP contribution is -2.25. The summed E-state index contributed by atoms with van der Waals surface area (Å²) in [6.07, 6.45) is 3.63. The van der Waals surface area contributed by atoms with Gasteiger partial charge in [0.05, 0.1) is 16.9 Å². The summed E-state index contributed by atoms with van der Waals surface area (Å²) in [5.74, 6) is 1.42. The summed E-state index contributed by atoms with van der Waals surface area (Å²) >= 11 is 8.28. The quantitative estimate of drug-likeness (QED) is 0.578. The van der Waals surface area contributed by atoms with E-state index in [1.807, 2.05) is 0 Å². The van der Waals surface area contributed by atoms with E-state index in [0.29, 0.717) is 18.3 Å². The van der Waals surface area contributed by atoms with Gasteiger partial charge in [-0.1, -0.05) is 0 Å². The number of nitrogens with one attached hydrogen (secondary N) is 1. The molecule has 1 aliphatic carbocycles. The first-order valence-corrected chi connectivity index (χ1v) is 8.78. The second kappa shape index (κ2) is 6.52. The van der Waals surface area contributed by atoms with Gasteiger partial charge >= 0.3 is 0 Å². The predicted octanol–water partition coefficient (Wildman–Crippen LogP) is 3.44. The van der Waals surface area contributed by atoms with Crippen molar-refractivity contribution in [3.63, 3.8) is 0 Å². The monoisotopic (exact) mass is 417 g/mol. The van der Waals surface area contributed by atoms with Gasteiger partial charge in [0.2, 0.25) is 5.91 Å². The molecule has 1 heterocycles. The van der Waals surface area contributed by atoms with Gasteiger partial charge in [0.25, 0.3) is 0 Å². The molecule has 0 saturated heterocycles. The number of fused-ring (bicyclic) bond motifs is 1. The maximum absolute atomic E-state index is 11.7. The highest BCUT2D eigenvalue weighted by molar-refractivity contribution is 14.1. The molecule has 112 valence electrons. The van der Waals surface area contributed by atoms with Gasteiger partial charge < -0.3 is 9.88 Å². The number of hydrogen-bond acceptors (Lipinski definition) is 2. The van der Waals surface area contributed by atoms with E-state index in [2.05, 4.69) is 55.7 Å². The minimum atomic E-state index is 0.156. The second-order valence-electron chi connectivity index (χ2n) is 5.39. The van der Waals surface area contributed by atoms with Crippen molar-refractivity contribution in [3.8, 4) is 0 Å². The lowest BCUT2D eigenvalue weighted by molar-refractivity contribution is -0.121. The molecule has 2 aromatic rings. The zero-order valence-electron chi connectivity index (χ0n) is 11.6. The number of alkyl halides is 1. The van der Waals surface area contributed by atoms with E-state index >= 15 is 0 Å². The lowest BCUT2D eigenvalue weighted by Gasteiger charge is -2.08. The van der Waals surface area contributed by atoms with Gasteiger partial charge in [-0.15, -0.1) is 11.6 Å². The van der Waals surface area contributed by atoms with E-state index in [1.165, 1.54) is 0 Å². The van der Waals surface area contributed by atoms with Crippen LogP contribution in [-0.4, -0.2) is 21.5 Å². The number of carbonyl (C=O) groups is 1. The summed E-state index contributed by atoms with van der Waals surface area (Å²) in [6.45, 7) is 0.775. The molecule has 0 spiro atoms. The van der Waals surface area contributed by atoms with Crippen LogP contribution in [0.25, 0.3) is 11.0 Å². The molecule has 4 nitrogen and oxygen atoms in total. The van der Waals surface area contributed by atoms with Gasteiger partial charge in [0.15, 0.2) is 0 Å². The van der Waals surface area contributed by atoms with Crippen molar-refractivity contribution in [1.82, 2.24) is 14.9 Å². The number of benzene rings is 1. The van der Waals surface area contributed by atoms with Crippen molar-refractivity contribution in [2.45, 2.75) is 44.1 Å². The van der Waals surface area contributed by atoms with Crippen LogP contribution in [0.2, 0.25) is 0 Å². The number of amides is 1. The zero-order valence-corrected chi connectivity index (χ0v) is 14.5. The standard InChI is InChI=1S/C15H17ClIN3O/c16-9-14-19-12-8-10(17)3-6-13(12)20(14)7-1-2-15(21)18-11-4-5-11/h3,6,8,11H,1-2,4-5,7,9H2,(H,18,21). The molecule has 0 bridgehead atoms. The maximum atomic E-state index is 11.7. The first-order chi connectivity index (χ1) is 10.2. The van der Waals surface area contributed by atoms with Crippen LogP contribution in [0.5, 0.6) is 0 Å². The number of carbonyl (C=O) groups excluding carboxylic acids is 1. The number of aryl methyl sites for hydroxylation is 1. The van der Waals surface area contributed by atoms with E-state index in [1.54, 1.807) is 0 Å². The highest BCUT2D eigenvalue weighted by atomic mass is 127. The summed E-state index contributed by atoms with van der Waals surface area (Å²) in [6, 6.07) is 6.64. The number of halogens is 2. The Bertz CT molecular complexity index is 666. The minimum absolute atomic E-state index is 0.156. The molecular formula is C15H17ClIN3O. The topological polar surface area (TPSA) is 46.9 Å². The number of imidazole rings is 1. The molecule has 1 fully saturated rings. The van der Waals surface area contributed by atoms with Crippen molar-refractivity contribution in [3.05, 3.63) is 27.6 Å². The van der Waals surface area contributed by atoms with E-state index < -0.39 is 0 Å². The van der Waals surface area contributed by atoms with Crippen molar-refractivity contribution >= 4 is 51.1 Å². The SMILES string of the molecule is O=C(CCCn1c(CCl)nc2cc(I)ccc21)NC1CC1. The lowest BCUT2D eigenvalue weighted by atomic mass is 10.2. The Labute approximate surface area is 142 Å². The molecule has 1 saturated carbocycles. The fourth-order valence-electron chi connectivity index (χ4n) is 2.43. The Morgan fingerprint density at radius 1 is 1.48 bits per heavy atom. The molecule has 1 aromatic heterocycles. The average molecular weight is 418 g/mol. The van der Waals surface area contributed by atoms with Gasteiger partial charge in [-0.3, -0.25) is 4.79 Å². The molecule has 1 N–H and O–H groups in total. The van der Waals surface area contributed by atoms with E-state index in [4.69, 9.17) is 11.6 Å². The number of nitrogens with zero attached hydrogens (tertiary/aromatic N) is 2. The third-order valence-corrected chi connectivity index (χ3v) is 4.55. The summed E-state index contributed by atoms with van der Waals surface area (Å²) in [4.78, 5) is 16.3. The number of aromatic nitrogens is 2. The van der Waals surface area contributed by atoms with Crippen LogP contribution in [0.15, 0.2) is 18.2 Å². The molecule has 0 aliphatic heterocycles.